The van der Waals surface area contributed by atoms with E-state index in [4.69, 9.17) is 4.74 Å². The van der Waals surface area contributed by atoms with Crippen molar-refractivity contribution in [2.24, 2.45) is 0 Å². The Balaban J connectivity index is 1.60. The van der Waals surface area contributed by atoms with Crippen molar-refractivity contribution in [1.82, 2.24) is 10.3 Å². The van der Waals surface area contributed by atoms with E-state index < -0.39 is 12.0 Å². The molecular weight excluding hydrogens is 364 g/mol. The number of carbonyl (C=O) groups is 1. The number of ether oxygens (including phenoxy) is 1. The Bertz CT molecular complexity index is 1150. The van der Waals surface area contributed by atoms with Crippen molar-refractivity contribution in [2.45, 2.75) is 25.9 Å². The highest BCUT2D eigenvalue weighted by molar-refractivity contribution is 5.88. The summed E-state index contributed by atoms with van der Waals surface area (Å²) in [5.41, 5.74) is 2.98. The number of aliphatic carboxylic acids is 1. The molecule has 0 aliphatic heterocycles. The maximum atomic E-state index is 12.0. The van der Waals surface area contributed by atoms with Crippen molar-refractivity contribution in [2.75, 3.05) is 6.61 Å². The fourth-order valence-corrected chi connectivity index (χ4v) is 3.78. The van der Waals surface area contributed by atoms with E-state index in [-0.39, 0.29) is 0 Å². The average Bonchev–Trinajstić information content (AvgIpc) is 3.15. The zero-order chi connectivity index (χ0) is 20.2. The summed E-state index contributed by atoms with van der Waals surface area (Å²) in [4.78, 5) is 15.2. The van der Waals surface area contributed by atoms with Crippen LogP contribution in [0.5, 0.6) is 5.75 Å². The fourth-order valence-electron chi connectivity index (χ4n) is 3.78. The molecule has 1 unspecified atom stereocenters. The molecular formula is C24H24N2O3. The molecule has 0 amide bonds. The van der Waals surface area contributed by atoms with Crippen LogP contribution in [0.3, 0.4) is 0 Å². The molecule has 0 saturated carbocycles. The number of nitrogens with one attached hydrogen (secondary N) is 2. The first-order valence-electron chi connectivity index (χ1n) is 9.82. The Morgan fingerprint density at radius 3 is 2.62 bits per heavy atom. The van der Waals surface area contributed by atoms with Crippen LogP contribution in [0.25, 0.3) is 21.7 Å². The standard InChI is InChI=1S/C24H24N2O3/c1-2-29-23-12-11-16-7-3-4-8-18(16)20(23)15-26-22(24(27)28)13-17-14-25-21-10-6-5-9-19(17)21/h3-12,14,22,25-26H,2,13,15H2,1H3,(H,27,28). The van der Waals surface area contributed by atoms with E-state index in [1.807, 2.05) is 67.7 Å². The van der Waals surface area contributed by atoms with E-state index in [1.165, 1.54) is 0 Å². The number of H-pyrrole nitrogens is 1. The number of aromatic amines is 1. The molecule has 1 atom stereocenters. The van der Waals surface area contributed by atoms with E-state index >= 15 is 0 Å². The molecule has 0 radical (unpaired) electrons. The first-order valence-corrected chi connectivity index (χ1v) is 9.82. The molecule has 0 fully saturated rings. The lowest BCUT2D eigenvalue weighted by molar-refractivity contribution is -0.139. The largest absolute Gasteiger partial charge is 0.494 e. The Kier molecular flexibility index (Phi) is 5.49. The highest BCUT2D eigenvalue weighted by atomic mass is 16.5. The van der Waals surface area contributed by atoms with Gasteiger partial charge < -0.3 is 14.8 Å². The second-order valence-corrected chi connectivity index (χ2v) is 7.03. The van der Waals surface area contributed by atoms with Crippen LogP contribution >= 0.6 is 0 Å². The Hall–Kier alpha value is -3.31. The van der Waals surface area contributed by atoms with Crippen molar-refractivity contribution in [1.29, 1.82) is 0 Å². The second kappa shape index (κ2) is 8.37. The SMILES string of the molecule is CCOc1ccc2ccccc2c1CNC(Cc1c[nH]c2ccccc12)C(=O)O. The lowest BCUT2D eigenvalue weighted by Crippen LogP contribution is -2.38. The molecule has 148 valence electrons. The van der Waals surface area contributed by atoms with Crippen molar-refractivity contribution in [3.8, 4) is 5.75 Å². The number of rotatable bonds is 8. The van der Waals surface area contributed by atoms with Gasteiger partial charge >= 0.3 is 5.97 Å². The highest BCUT2D eigenvalue weighted by Crippen LogP contribution is 2.28. The van der Waals surface area contributed by atoms with Crippen LogP contribution < -0.4 is 10.1 Å². The van der Waals surface area contributed by atoms with Crippen molar-refractivity contribution in [3.05, 3.63) is 78.0 Å². The number of carboxylic acid groups (broad SMARTS) is 1. The average molecular weight is 388 g/mol. The summed E-state index contributed by atoms with van der Waals surface area (Å²) in [6, 6.07) is 19.3. The summed E-state index contributed by atoms with van der Waals surface area (Å²) in [5, 5.41) is 16.3. The molecule has 5 nitrogen and oxygen atoms in total. The predicted molar refractivity (Wildman–Crippen MR) is 115 cm³/mol. The van der Waals surface area contributed by atoms with Gasteiger partial charge in [-0.2, -0.15) is 0 Å². The van der Waals surface area contributed by atoms with Gasteiger partial charge in [-0.1, -0.05) is 48.5 Å². The van der Waals surface area contributed by atoms with E-state index in [9.17, 15) is 9.90 Å². The fraction of sp³-hybridized carbons (Fsp3) is 0.208. The lowest BCUT2D eigenvalue weighted by Gasteiger charge is -2.18. The Morgan fingerprint density at radius 2 is 1.83 bits per heavy atom. The first kappa shape index (κ1) is 19.0. The van der Waals surface area contributed by atoms with E-state index in [2.05, 4.69) is 16.4 Å². The summed E-state index contributed by atoms with van der Waals surface area (Å²) in [7, 11) is 0. The third-order valence-corrected chi connectivity index (χ3v) is 5.22. The van der Waals surface area contributed by atoms with Gasteiger partial charge in [0, 0.05) is 35.6 Å². The molecule has 0 spiro atoms. The van der Waals surface area contributed by atoms with Crippen molar-refractivity contribution in [3.63, 3.8) is 0 Å². The zero-order valence-corrected chi connectivity index (χ0v) is 16.3. The number of benzene rings is 3. The monoisotopic (exact) mass is 388 g/mol. The summed E-state index contributed by atoms with van der Waals surface area (Å²) >= 11 is 0. The molecule has 4 rings (SSSR count). The zero-order valence-electron chi connectivity index (χ0n) is 16.3. The van der Waals surface area contributed by atoms with Gasteiger partial charge in [-0.3, -0.25) is 10.1 Å². The van der Waals surface area contributed by atoms with Crippen LogP contribution in [0, 0.1) is 0 Å². The lowest BCUT2D eigenvalue weighted by atomic mass is 10.0. The van der Waals surface area contributed by atoms with Crippen LogP contribution in [-0.4, -0.2) is 28.7 Å². The molecule has 1 aromatic heterocycles. The molecule has 1 heterocycles. The maximum Gasteiger partial charge on any atom is 0.321 e. The smallest absolute Gasteiger partial charge is 0.321 e. The molecule has 5 heteroatoms. The van der Waals surface area contributed by atoms with Crippen LogP contribution in [0.2, 0.25) is 0 Å². The number of carboxylic acids is 1. The van der Waals surface area contributed by atoms with E-state index in [1.54, 1.807) is 0 Å². The molecule has 0 aliphatic carbocycles. The van der Waals surface area contributed by atoms with Gasteiger partial charge in [-0.05, 0) is 35.4 Å². The molecule has 0 saturated heterocycles. The molecule has 4 aromatic rings. The van der Waals surface area contributed by atoms with Crippen molar-refractivity contribution < 1.29 is 14.6 Å². The molecule has 29 heavy (non-hydrogen) atoms. The quantitative estimate of drug-likeness (QED) is 0.415. The third kappa shape index (κ3) is 3.96. The van der Waals surface area contributed by atoms with Gasteiger partial charge in [0.25, 0.3) is 0 Å². The number of para-hydroxylation sites is 1. The predicted octanol–water partition coefficient (Wildman–Crippen LogP) is 4.51. The maximum absolute atomic E-state index is 12.0. The normalized spacial score (nSPS) is 12.3. The van der Waals surface area contributed by atoms with Crippen molar-refractivity contribution >= 4 is 27.6 Å². The van der Waals surface area contributed by atoms with Gasteiger partial charge in [0.1, 0.15) is 11.8 Å². The van der Waals surface area contributed by atoms with Gasteiger partial charge in [-0.15, -0.1) is 0 Å². The van der Waals surface area contributed by atoms with Crippen LogP contribution in [-0.2, 0) is 17.8 Å². The number of fused-ring (bicyclic) bond motifs is 2. The minimum atomic E-state index is -0.867. The number of hydrogen-bond donors (Lipinski definition) is 3. The first-order chi connectivity index (χ1) is 14.2. The minimum absolute atomic E-state index is 0.397. The number of hydrogen-bond acceptors (Lipinski definition) is 3. The topological polar surface area (TPSA) is 74.3 Å². The second-order valence-electron chi connectivity index (χ2n) is 7.03. The van der Waals surface area contributed by atoms with Gasteiger partial charge in [0.2, 0.25) is 0 Å². The van der Waals surface area contributed by atoms with Gasteiger partial charge in [0.05, 0.1) is 6.61 Å². The summed E-state index contributed by atoms with van der Waals surface area (Å²) in [6.45, 7) is 2.92. The Morgan fingerprint density at radius 1 is 1.07 bits per heavy atom. The van der Waals surface area contributed by atoms with Crippen LogP contribution in [0.15, 0.2) is 66.9 Å². The van der Waals surface area contributed by atoms with Gasteiger partial charge in [0.15, 0.2) is 0 Å². The summed E-state index contributed by atoms with van der Waals surface area (Å²) in [5.74, 6) is -0.0802. The van der Waals surface area contributed by atoms with Crippen LogP contribution in [0.1, 0.15) is 18.1 Å². The van der Waals surface area contributed by atoms with E-state index in [0.717, 1.165) is 38.6 Å². The molecule has 3 aromatic carbocycles. The van der Waals surface area contributed by atoms with Crippen LogP contribution in [0.4, 0.5) is 0 Å². The third-order valence-electron chi connectivity index (χ3n) is 5.22. The molecule has 0 bridgehead atoms. The Labute approximate surface area is 169 Å². The summed E-state index contributed by atoms with van der Waals surface area (Å²) < 4.78 is 5.81. The molecule has 0 aliphatic rings. The molecule has 3 N–H and O–H groups in total. The highest BCUT2D eigenvalue weighted by Gasteiger charge is 2.20. The van der Waals surface area contributed by atoms with Gasteiger partial charge in [-0.25, -0.2) is 0 Å². The number of aromatic nitrogens is 1. The van der Waals surface area contributed by atoms with E-state index in [0.29, 0.717) is 19.6 Å². The minimum Gasteiger partial charge on any atom is -0.494 e. The summed E-state index contributed by atoms with van der Waals surface area (Å²) in [6.07, 6.45) is 2.29.